The first-order valence-corrected chi connectivity index (χ1v) is 8.02. The zero-order chi connectivity index (χ0) is 15.4. The van der Waals surface area contributed by atoms with E-state index in [4.69, 9.17) is 0 Å². The zero-order valence-electron chi connectivity index (χ0n) is 14.3. The molecule has 0 bridgehead atoms. The number of rotatable bonds is 7. The maximum absolute atomic E-state index is 12.8. The summed E-state index contributed by atoms with van der Waals surface area (Å²) in [7, 11) is 4.16. The quantitative estimate of drug-likeness (QED) is 0.778. The van der Waals surface area contributed by atoms with Crippen LogP contribution in [0.3, 0.4) is 0 Å². The van der Waals surface area contributed by atoms with Crippen LogP contribution < -0.4 is 5.32 Å². The van der Waals surface area contributed by atoms with Gasteiger partial charge in [-0.25, -0.2) is 0 Å². The molecule has 118 valence electrons. The van der Waals surface area contributed by atoms with E-state index in [0.29, 0.717) is 17.7 Å². The Balaban J connectivity index is 2.98. The normalized spacial score (nSPS) is 25.3. The van der Waals surface area contributed by atoms with Crippen LogP contribution in [0.5, 0.6) is 0 Å². The van der Waals surface area contributed by atoms with Gasteiger partial charge in [0.2, 0.25) is 5.91 Å². The average Bonchev–Trinajstić information content (AvgIpc) is 2.63. The van der Waals surface area contributed by atoms with Crippen LogP contribution in [-0.4, -0.2) is 54.6 Å². The second-order valence-electron chi connectivity index (χ2n) is 7.01. The minimum Gasteiger partial charge on any atom is -0.321 e. The predicted octanol–water partition coefficient (Wildman–Crippen LogP) is 2.16. The van der Waals surface area contributed by atoms with E-state index in [0.717, 1.165) is 19.4 Å². The molecule has 0 radical (unpaired) electrons. The summed E-state index contributed by atoms with van der Waals surface area (Å²) >= 11 is 0. The first-order valence-electron chi connectivity index (χ1n) is 8.02. The van der Waals surface area contributed by atoms with Crippen molar-refractivity contribution < 1.29 is 4.79 Å². The molecule has 1 aliphatic heterocycles. The van der Waals surface area contributed by atoms with Gasteiger partial charge in [0.15, 0.2) is 0 Å². The molecule has 3 unspecified atom stereocenters. The van der Waals surface area contributed by atoms with E-state index < -0.39 is 0 Å². The van der Waals surface area contributed by atoms with Gasteiger partial charge in [0.25, 0.3) is 0 Å². The van der Waals surface area contributed by atoms with Crippen molar-refractivity contribution in [3.05, 3.63) is 0 Å². The number of amides is 1. The lowest BCUT2D eigenvalue weighted by Gasteiger charge is -2.37. The number of carbonyl (C=O) groups is 1. The monoisotopic (exact) mass is 283 g/mol. The summed E-state index contributed by atoms with van der Waals surface area (Å²) in [6.07, 6.45) is 2.33. The molecular weight excluding hydrogens is 250 g/mol. The Labute approximate surface area is 124 Å². The molecule has 1 fully saturated rings. The number of likely N-dealkylation sites (N-methyl/N-ethyl adjacent to an activating group) is 1. The largest absolute Gasteiger partial charge is 0.321 e. The van der Waals surface area contributed by atoms with Crippen LogP contribution in [0.4, 0.5) is 0 Å². The van der Waals surface area contributed by atoms with Gasteiger partial charge in [-0.2, -0.15) is 0 Å². The first-order chi connectivity index (χ1) is 9.29. The minimum atomic E-state index is -0.0186. The minimum absolute atomic E-state index is 0.0186. The average molecular weight is 283 g/mol. The third-order valence-electron chi connectivity index (χ3n) is 4.14. The fraction of sp³-hybridized carbons (Fsp3) is 0.938. The van der Waals surface area contributed by atoms with Gasteiger partial charge in [0.1, 0.15) is 0 Å². The molecule has 0 saturated carbocycles. The Bertz CT molecular complexity index is 315. The molecule has 1 heterocycles. The van der Waals surface area contributed by atoms with Gasteiger partial charge in [-0.05, 0) is 32.4 Å². The summed E-state index contributed by atoms with van der Waals surface area (Å²) in [5.41, 5.74) is 0. The molecule has 0 aliphatic carbocycles. The van der Waals surface area contributed by atoms with Crippen molar-refractivity contribution >= 4 is 5.91 Å². The molecule has 3 atom stereocenters. The molecule has 4 heteroatoms. The summed E-state index contributed by atoms with van der Waals surface area (Å²) in [4.78, 5) is 17.1. The zero-order valence-corrected chi connectivity index (χ0v) is 14.3. The second-order valence-corrected chi connectivity index (χ2v) is 7.01. The fourth-order valence-corrected chi connectivity index (χ4v) is 3.04. The van der Waals surface area contributed by atoms with E-state index >= 15 is 0 Å². The van der Waals surface area contributed by atoms with E-state index in [1.54, 1.807) is 0 Å². The number of carbonyl (C=O) groups excluding carboxylic acids is 1. The highest BCUT2D eigenvalue weighted by Crippen LogP contribution is 2.25. The summed E-state index contributed by atoms with van der Waals surface area (Å²) in [5.74, 6) is 1.10. The molecule has 4 nitrogen and oxygen atoms in total. The molecule has 0 aromatic heterocycles. The highest BCUT2D eigenvalue weighted by atomic mass is 16.2. The molecular formula is C16H33N3O. The van der Waals surface area contributed by atoms with Crippen molar-refractivity contribution in [3.63, 3.8) is 0 Å². The van der Waals surface area contributed by atoms with Crippen molar-refractivity contribution in [3.8, 4) is 0 Å². The molecule has 1 aliphatic rings. The molecule has 20 heavy (non-hydrogen) atoms. The van der Waals surface area contributed by atoms with Crippen LogP contribution >= 0.6 is 0 Å². The van der Waals surface area contributed by atoms with Crippen molar-refractivity contribution in [1.29, 1.82) is 0 Å². The van der Waals surface area contributed by atoms with Gasteiger partial charge >= 0.3 is 0 Å². The van der Waals surface area contributed by atoms with Crippen LogP contribution in [0.15, 0.2) is 0 Å². The van der Waals surface area contributed by atoms with Crippen LogP contribution in [0, 0.1) is 11.8 Å². The lowest BCUT2D eigenvalue weighted by molar-refractivity contribution is -0.134. The third kappa shape index (κ3) is 3.95. The predicted molar refractivity (Wildman–Crippen MR) is 84.5 cm³/mol. The molecule has 1 amide bonds. The standard InChI is InChI=1S/C16H33N3O/c1-8-9-14-17-15(12(4)5)16(20)19(14)13(11(2)3)10-18(6)7/h11-15,17H,8-10H2,1-7H3. The Morgan fingerprint density at radius 3 is 2.25 bits per heavy atom. The number of hydrogen-bond donors (Lipinski definition) is 1. The summed E-state index contributed by atoms with van der Waals surface area (Å²) in [6.45, 7) is 11.8. The maximum Gasteiger partial charge on any atom is 0.241 e. The Morgan fingerprint density at radius 2 is 1.85 bits per heavy atom. The van der Waals surface area contributed by atoms with Gasteiger partial charge in [-0.3, -0.25) is 10.1 Å². The van der Waals surface area contributed by atoms with E-state index in [2.05, 4.69) is 63.8 Å². The van der Waals surface area contributed by atoms with Crippen LogP contribution in [0.2, 0.25) is 0 Å². The highest BCUT2D eigenvalue weighted by molar-refractivity contribution is 5.85. The van der Waals surface area contributed by atoms with Crippen molar-refractivity contribution in [2.45, 2.75) is 65.7 Å². The SMILES string of the molecule is CCCC1NC(C(C)C)C(=O)N1C(CN(C)C)C(C)C. The van der Waals surface area contributed by atoms with Crippen molar-refractivity contribution in [2.24, 2.45) is 11.8 Å². The smallest absolute Gasteiger partial charge is 0.241 e. The van der Waals surface area contributed by atoms with E-state index in [1.807, 2.05) is 0 Å². The van der Waals surface area contributed by atoms with E-state index in [1.165, 1.54) is 0 Å². The molecule has 1 rings (SSSR count). The molecule has 0 aromatic rings. The van der Waals surface area contributed by atoms with E-state index in [9.17, 15) is 4.79 Å². The van der Waals surface area contributed by atoms with Gasteiger partial charge < -0.3 is 9.80 Å². The topological polar surface area (TPSA) is 35.6 Å². The Kier molecular flexibility index (Phi) is 6.46. The van der Waals surface area contributed by atoms with Gasteiger partial charge in [0, 0.05) is 12.6 Å². The van der Waals surface area contributed by atoms with Gasteiger partial charge in [-0.15, -0.1) is 0 Å². The van der Waals surface area contributed by atoms with Crippen molar-refractivity contribution in [1.82, 2.24) is 15.1 Å². The third-order valence-corrected chi connectivity index (χ3v) is 4.14. The van der Waals surface area contributed by atoms with Crippen LogP contribution in [0.25, 0.3) is 0 Å². The van der Waals surface area contributed by atoms with Gasteiger partial charge in [0.05, 0.1) is 12.2 Å². The summed E-state index contributed by atoms with van der Waals surface area (Å²) < 4.78 is 0. The molecule has 1 N–H and O–H groups in total. The fourth-order valence-electron chi connectivity index (χ4n) is 3.04. The Hall–Kier alpha value is -0.610. The maximum atomic E-state index is 12.8. The second kappa shape index (κ2) is 7.41. The number of nitrogens with zero attached hydrogens (tertiary/aromatic N) is 2. The van der Waals surface area contributed by atoms with Crippen LogP contribution in [0.1, 0.15) is 47.5 Å². The summed E-state index contributed by atoms with van der Waals surface area (Å²) in [5, 5.41) is 3.56. The lowest BCUT2D eigenvalue weighted by Crippen LogP contribution is -2.51. The van der Waals surface area contributed by atoms with Gasteiger partial charge in [-0.1, -0.05) is 41.0 Å². The molecule has 0 spiro atoms. The first kappa shape index (κ1) is 17.4. The molecule has 1 saturated heterocycles. The lowest BCUT2D eigenvalue weighted by atomic mass is 9.99. The van der Waals surface area contributed by atoms with Crippen LogP contribution in [-0.2, 0) is 4.79 Å². The molecule has 0 aromatic carbocycles. The number of nitrogens with one attached hydrogen (secondary N) is 1. The Morgan fingerprint density at radius 1 is 1.25 bits per heavy atom. The number of hydrogen-bond acceptors (Lipinski definition) is 3. The van der Waals surface area contributed by atoms with Crippen molar-refractivity contribution in [2.75, 3.05) is 20.6 Å². The highest BCUT2D eigenvalue weighted by Gasteiger charge is 2.43. The van der Waals surface area contributed by atoms with E-state index in [-0.39, 0.29) is 18.2 Å². The summed E-state index contributed by atoms with van der Waals surface area (Å²) in [6, 6.07) is 0.264.